The number of carbonyl (C=O) groups is 1. The van der Waals surface area contributed by atoms with Crippen LogP contribution in [0.4, 0.5) is 4.39 Å². The molecule has 0 aliphatic heterocycles. The molecule has 0 saturated heterocycles. The number of nitrogens with zero attached hydrogens (tertiary/aromatic N) is 6. The quantitative estimate of drug-likeness (QED) is 0.437. The Morgan fingerprint density at radius 2 is 1.70 bits per heavy atom. The first-order valence-corrected chi connectivity index (χ1v) is 10.2. The second-order valence-electron chi connectivity index (χ2n) is 7.28. The molecule has 2 heterocycles. The van der Waals surface area contributed by atoms with Gasteiger partial charge in [0.2, 0.25) is 0 Å². The lowest BCUT2D eigenvalue weighted by atomic mass is 10.1. The molecule has 8 nitrogen and oxygen atoms in total. The first kappa shape index (κ1) is 20.3. The summed E-state index contributed by atoms with van der Waals surface area (Å²) < 4.78 is 16.7. The molecule has 0 saturated carbocycles. The van der Waals surface area contributed by atoms with E-state index < -0.39 is 0 Å². The Morgan fingerprint density at radius 1 is 0.909 bits per heavy atom. The van der Waals surface area contributed by atoms with Crippen LogP contribution in [0.25, 0.3) is 22.6 Å². The van der Waals surface area contributed by atoms with Crippen LogP contribution < -0.4 is 5.32 Å². The number of aromatic nitrogens is 6. The zero-order valence-electron chi connectivity index (χ0n) is 17.3. The van der Waals surface area contributed by atoms with Gasteiger partial charge < -0.3 is 5.32 Å². The average molecular weight is 439 g/mol. The van der Waals surface area contributed by atoms with Gasteiger partial charge in [-0.05, 0) is 65.0 Å². The molecule has 33 heavy (non-hydrogen) atoms. The molecule has 2 aromatic heterocycles. The SMILES string of the molecule is O=C(NCc1cn(-c2ccccc2)nc1-c1ccc(F)cc1)c1cccc(-n2cnnn2)c1. The summed E-state index contributed by atoms with van der Waals surface area (Å²) in [5.41, 5.74) is 4.26. The van der Waals surface area contributed by atoms with E-state index in [0.29, 0.717) is 16.9 Å². The number of nitrogens with one attached hydrogen (secondary N) is 1. The van der Waals surface area contributed by atoms with Crippen LogP contribution >= 0.6 is 0 Å². The van der Waals surface area contributed by atoms with Crippen LogP contribution in [-0.2, 0) is 6.54 Å². The van der Waals surface area contributed by atoms with E-state index in [4.69, 9.17) is 5.10 Å². The molecule has 0 aliphatic rings. The molecular weight excluding hydrogens is 421 g/mol. The van der Waals surface area contributed by atoms with Crippen LogP contribution in [-0.4, -0.2) is 35.9 Å². The number of tetrazole rings is 1. The fourth-order valence-corrected chi connectivity index (χ4v) is 3.45. The zero-order chi connectivity index (χ0) is 22.6. The largest absolute Gasteiger partial charge is 0.348 e. The van der Waals surface area contributed by atoms with Crippen LogP contribution in [0.15, 0.2) is 91.4 Å². The van der Waals surface area contributed by atoms with Crippen LogP contribution in [0, 0.1) is 5.82 Å². The summed E-state index contributed by atoms with van der Waals surface area (Å²) in [6, 6.07) is 22.8. The molecule has 0 fully saturated rings. The predicted molar refractivity (Wildman–Crippen MR) is 119 cm³/mol. The first-order chi connectivity index (χ1) is 16.2. The first-order valence-electron chi connectivity index (χ1n) is 10.2. The third kappa shape index (κ3) is 4.38. The van der Waals surface area contributed by atoms with Gasteiger partial charge in [-0.1, -0.05) is 24.3 Å². The van der Waals surface area contributed by atoms with Gasteiger partial charge in [-0.15, -0.1) is 5.10 Å². The number of amides is 1. The summed E-state index contributed by atoms with van der Waals surface area (Å²) in [7, 11) is 0. The van der Waals surface area contributed by atoms with E-state index in [9.17, 15) is 9.18 Å². The van der Waals surface area contributed by atoms with E-state index in [1.54, 1.807) is 35.0 Å². The summed E-state index contributed by atoms with van der Waals surface area (Å²) >= 11 is 0. The molecule has 0 unspecified atom stereocenters. The summed E-state index contributed by atoms with van der Waals surface area (Å²) in [6.07, 6.45) is 3.33. The Hall–Kier alpha value is -4.66. The maximum absolute atomic E-state index is 13.5. The zero-order valence-corrected chi connectivity index (χ0v) is 17.3. The van der Waals surface area contributed by atoms with Gasteiger partial charge in [0.15, 0.2) is 0 Å². The molecule has 0 radical (unpaired) electrons. The Balaban J connectivity index is 1.42. The number of hydrogen-bond acceptors (Lipinski definition) is 5. The summed E-state index contributed by atoms with van der Waals surface area (Å²) in [4.78, 5) is 12.9. The predicted octanol–water partition coefficient (Wildman–Crippen LogP) is 3.58. The van der Waals surface area contributed by atoms with Gasteiger partial charge in [0.25, 0.3) is 5.91 Å². The van der Waals surface area contributed by atoms with Crippen molar-refractivity contribution in [3.63, 3.8) is 0 Å². The minimum Gasteiger partial charge on any atom is -0.348 e. The second kappa shape index (κ2) is 8.83. The lowest BCUT2D eigenvalue weighted by molar-refractivity contribution is 0.0951. The highest BCUT2D eigenvalue weighted by Gasteiger charge is 2.15. The Labute approximate surface area is 188 Å². The van der Waals surface area contributed by atoms with Crippen molar-refractivity contribution in [1.82, 2.24) is 35.3 Å². The minimum atomic E-state index is -0.321. The second-order valence-corrected chi connectivity index (χ2v) is 7.28. The van der Waals surface area contributed by atoms with Gasteiger partial charge in [0, 0.05) is 29.4 Å². The number of halogens is 1. The molecule has 1 N–H and O–H groups in total. The number of hydrogen-bond donors (Lipinski definition) is 1. The third-order valence-corrected chi connectivity index (χ3v) is 5.09. The van der Waals surface area contributed by atoms with Gasteiger partial charge >= 0.3 is 0 Å². The highest BCUT2D eigenvalue weighted by Crippen LogP contribution is 2.24. The van der Waals surface area contributed by atoms with Crippen molar-refractivity contribution in [3.8, 4) is 22.6 Å². The third-order valence-electron chi connectivity index (χ3n) is 5.09. The van der Waals surface area contributed by atoms with Gasteiger partial charge in [-0.3, -0.25) is 4.79 Å². The summed E-state index contributed by atoms with van der Waals surface area (Å²) in [5.74, 6) is -0.569. The van der Waals surface area contributed by atoms with Crippen LogP contribution in [0.1, 0.15) is 15.9 Å². The highest BCUT2D eigenvalue weighted by atomic mass is 19.1. The van der Waals surface area contributed by atoms with Gasteiger partial charge in [-0.25, -0.2) is 13.8 Å². The molecule has 5 aromatic rings. The molecule has 0 atom stereocenters. The van der Waals surface area contributed by atoms with Crippen LogP contribution in [0.3, 0.4) is 0 Å². The van der Waals surface area contributed by atoms with E-state index in [1.807, 2.05) is 42.6 Å². The fraction of sp³-hybridized carbons (Fsp3) is 0.0417. The Bertz CT molecular complexity index is 1380. The molecule has 162 valence electrons. The highest BCUT2D eigenvalue weighted by molar-refractivity contribution is 5.94. The molecule has 1 amide bonds. The lowest BCUT2D eigenvalue weighted by Gasteiger charge is -2.07. The van der Waals surface area contributed by atoms with Crippen molar-refractivity contribution in [2.24, 2.45) is 0 Å². The summed E-state index contributed by atoms with van der Waals surface area (Å²) in [6.45, 7) is 0.244. The van der Waals surface area contributed by atoms with Gasteiger partial charge in [0.05, 0.1) is 17.1 Å². The summed E-state index contributed by atoms with van der Waals surface area (Å²) in [5, 5.41) is 18.7. The maximum atomic E-state index is 13.5. The normalized spacial score (nSPS) is 10.8. The number of rotatable bonds is 6. The number of para-hydroxylation sites is 1. The van der Waals surface area contributed by atoms with E-state index in [-0.39, 0.29) is 18.3 Å². The molecular formula is C24H18FN7O. The molecule has 0 spiro atoms. The van der Waals surface area contributed by atoms with E-state index >= 15 is 0 Å². The van der Waals surface area contributed by atoms with Crippen molar-refractivity contribution in [1.29, 1.82) is 0 Å². The molecule has 0 aliphatic carbocycles. The monoisotopic (exact) mass is 439 g/mol. The van der Waals surface area contributed by atoms with Crippen molar-refractivity contribution >= 4 is 5.91 Å². The molecule has 3 aromatic carbocycles. The van der Waals surface area contributed by atoms with Crippen molar-refractivity contribution in [3.05, 3.63) is 108 Å². The van der Waals surface area contributed by atoms with Crippen molar-refractivity contribution in [2.45, 2.75) is 6.54 Å². The van der Waals surface area contributed by atoms with E-state index in [0.717, 1.165) is 16.8 Å². The molecule has 0 bridgehead atoms. The van der Waals surface area contributed by atoms with Gasteiger partial charge in [0.1, 0.15) is 12.1 Å². The number of carbonyl (C=O) groups excluding carboxylic acids is 1. The Morgan fingerprint density at radius 3 is 2.45 bits per heavy atom. The van der Waals surface area contributed by atoms with E-state index in [2.05, 4.69) is 20.8 Å². The Kier molecular flexibility index (Phi) is 5.42. The fourth-order valence-electron chi connectivity index (χ4n) is 3.45. The minimum absolute atomic E-state index is 0.244. The topological polar surface area (TPSA) is 90.5 Å². The number of benzene rings is 3. The van der Waals surface area contributed by atoms with Crippen LogP contribution in [0.2, 0.25) is 0 Å². The standard InChI is InChI=1S/C24H18FN7O/c25-20-11-9-17(10-12-20)23-19(15-31(28-23)21-6-2-1-3-7-21)14-26-24(33)18-5-4-8-22(13-18)32-16-27-29-30-32/h1-13,15-16H,14H2,(H,26,33). The van der Waals surface area contributed by atoms with Crippen molar-refractivity contribution in [2.75, 3.05) is 0 Å². The smallest absolute Gasteiger partial charge is 0.251 e. The molecule has 5 rings (SSSR count). The van der Waals surface area contributed by atoms with Crippen LogP contribution in [0.5, 0.6) is 0 Å². The van der Waals surface area contributed by atoms with Crippen molar-refractivity contribution < 1.29 is 9.18 Å². The van der Waals surface area contributed by atoms with Gasteiger partial charge in [-0.2, -0.15) is 5.10 Å². The average Bonchev–Trinajstić information content (AvgIpc) is 3.54. The maximum Gasteiger partial charge on any atom is 0.251 e. The lowest BCUT2D eigenvalue weighted by Crippen LogP contribution is -2.23. The van der Waals surface area contributed by atoms with E-state index in [1.165, 1.54) is 23.1 Å². The molecule has 9 heteroatoms.